The van der Waals surface area contributed by atoms with Crippen LogP contribution in [0.15, 0.2) is 59.5 Å². The number of aromatic nitrogens is 2. The maximum absolute atomic E-state index is 13.2. The molecule has 39 heavy (non-hydrogen) atoms. The summed E-state index contributed by atoms with van der Waals surface area (Å²) in [6.07, 6.45) is 2.70. The molecule has 0 aliphatic heterocycles. The molecule has 2 heterocycles. The van der Waals surface area contributed by atoms with Crippen molar-refractivity contribution in [1.29, 1.82) is 0 Å². The molecule has 11 heteroatoms. The molecule has 0 bridgehead atoms. The standard InChI is InChI=1S/C28H33BN4O6/c1-18(2)14-19-8-5-9-20-15-21(30-24(19)20)16-33-13-7-10-22(27(33)37)31-26(36)25(39-17-34)28(29,38)12-6-11-23(35)32(3)4/h5-11,13,15,17-18,25,30,38H,12,14,16H2,1-4H3,(H,31,36)/b11-6+. The fourth-order valence-corrected chi connectivity index (χ4v) is 4.18. The predicted molar refractivity (Wildman–Crippen MR) is 149 cm³/mol. The number of H-pyrrole nitrogens is 1. The van der Waals surface area contributed by atoms with Gasteiger partial charge in [0.2, 0.25) is 5.91 Å². The molecule has 3 N–H and O–H groups in total. The Morgan fingerprint density at radius 2 is 2.00 bits per heavy atom. The summed E-state index contributed by atoms with van der Waals surface area (Å²) in [6, 6.07) is 11.1. The molecule has 0 fully saturated rings. The lowest BCUT2D eigenvalue weighted by molar-refractivity contribution is -0.152. The first kappa shape index (κ1) is 29.4. The van der Waals surface area contributed by atoms with Gasteiger partial charge in [0.15, 0.2) is 6.10 Å². The van der Waals surface area contributed by atoms with Gasteiger partial charge in [-0.15, -0.1) is 0 Å². The van der Waals surface area contributed by atoms with Crippen LogP contribution >= 0.6 is 0 Å². The van der Waals surface area contributed by atoms with Gasteiger partial charge in [0.25, 0.3) is 17.9 Å². The van der Waals surface area contributed by atoms with E-state index in [9.17, 15) is 24.3 Å². The average Bonchev–Trinajstić information content (AvgIpc) is 3.28. The van der Waals surface area contributed by atoms with Gasteiger partial charge in [-0.25, -0.2) is 0 Å². The second-order valence-corrected chi connectivity index (χ2v) is 10.1. The SMILES string of the molecule is [B]C(O)(C/C=C/C(=O)N(C)C)C(OC=O)C(=O)Nc1cccn(Cc2cc3cccc(CC(C)C)c3[nH]2)c1=O. The number of aliphatic hydroxyl groups is 1. The van der Waals surface area contributed by atoms with Crippen molar-refractivity contribution < 1.29 is 24.2 Å². The van der Waals surface area contributed by atoms with E-state index in [1.807, 2.05) is 18.2 Å². The largest absolute Gasteiger partial charge is 0.452 e. The quantitative estimate of drug-likeness (QED) is 0.186. The van der Waals surface area contributed by atoms with Gasteiger partial charge >= 0.3 is 0 Å². The Kier molecular flexibility index (Phi) is 9.53. The van der Waals surface area contributed by atoms with Gasteiger partial charge < -0.3 is 29.6 Å². The van der Waals surface area contributed by atoms with E-state index in [0.29, 0.717) is 5.92 Å². The lowest BCUT2D eigenvalue weighted by Gasteiger charge is -2.30. The highest BCUT2D eigenvalue weighted by molar-refractivity contribution is 6.18. The number of para-hydroxylation sites is 1. The Morgan fingerprint density at radius 1 is 1.26 bits per heavy atom. The highest BCUT2D eigenvalue weighted by Gasteiger charge is 2.38. The smallest absolute Gasteiger partial charge is 0.293 e. The minimum Gasteiger partial charge on any atom is -0.452 e. The van der Waals surface area contributed by atoms with E-state index >= 15 is 0 Å². The molecule has 0 saturated carbocycles. The van der Waals surface area contributed by atoms with Crippen LogP contribution in [-0.2, 0) is 32.1 Å². The second kappa shape index (κ2) is 12.6. The van der Waals surface area contributed by atoms with Gasteiger partial charge in [0.1, 0.15) is 13.5 Å². The molecule has 204 valence electrons. The number of nitrogens with one attached hydrogen (secondary N) is 2. The Labute approximate surface area is 228 Å². The van der Waals surface area contributed by atoms with Crippen LogP contribution in [0.2, 0.25) is 0 Å². The zero-order valence-corrected chi connectivity index (χ0v) is 22.5. The summed E-state index contributed by atoms with van der Waals surface area (Å²) in [7, 11) is 8.95. The minimum absolute atomic E-state index is 0.0243. The molecule has 0 spiro atoms. The number of carbonyl (C=O) groups excluding carboxylic acids is 3. The summed E-state index contributed by atoms with van der Waals surface area (Å²) in [4.78, 5) is 53.6. The molecular weight excluding hydrogens is 499 g/mol. The molecule has 0 aliphatic rings. The lowest BCUT2D eigenvalue weighted by atomic mass is 9.73. The van der Waals surface area contributed by atoms with E-state index < -0.39 is 23.1 Å². The molecule has 3 aromatic rings. The van der Waals surface area contributed by atoms with Gasteiger partial charge in [-0.1, -0.05) is 38.1 Å². The summed E-state index contributed by atoms with van der Waals surface area (Å²) in [5.74, 6) is -0.878. The molecule has 2 amide bonds. The molecular formula is C28H33BN4O6. The first-order valence-electron chi connectivity index (χ1n) is 12.5. The Hall–Kier alpha value is -4.12. The number of nitrogens with zero attached hydrogens (tertiary/aromatic N) is 2. The van der Waals surface area contributed by atoms with Crippen molar-refractivity contribution in [2.24, 2.45) is 5.92 Å². The van der Waals surface area contributed by atoms with Crippen LogP contribution in [0.4, 0.5) is 5.69 Å². The molecule has 3 rings (SSSR count). The van der Waals surface area contributed by atoms with Gasteiger partial charge in [0, 0.05) is 31.5 Å². The summed E-state index contributed by atoms with van der Waals surface area (Å²) in [6.45, 7) is 4.50. The highest BCUT2D eigenvalue weighted by atomic mass is 16.5. The summed E-state index contributed by atoms with van der Waals surface area (Å²) in [5.41, 5.74) is 0.0838. The number of benzene rings is 1. The number of amides is 2. The Balaban J connectivity index is 1.80. The van der Waals surface area contributed by atoms with Crippen LogP contribution in [0.3, 0.4) is 0 Å². The van der Waals surface area contributed by atoms with Gasteiger partial charge in [-0.3, -0.25) is 19.2 Å². The van der Waals surface area contributed by atoms with E-state index in [2.05, 4.69) is 30.2 Å². The fraction of sp³-hybridized carbons (Fsp3) is 0.357. The van der Waals surface area contributed by atoms with Crippen molar-refractivity contribution in [2.75, 3.05) is 19.4 Å². The van der Waals surface area contributed by atoms with Gasteiger partial charge in [-0.05, 0) is 54.0 Å². The van der Waals surface area contributed by atoms with Crippen LogP contribution in [-0.4, -0.2) is 71.4 Å². The van der Waals surface area contributed by atoms with Crippen LogP contribution in [0.1, 0.15) is 31.5 Å². The number of fused-ring (bicyclic) bond motifs is 1. The first-order chi connectivity index (χ1) is 18.4. The lowest BCUT2D eigenvalue weighted by Crippen LogP contribution is -2.51. The molecule has 2 aromatic heterocycles. The van der Waals surface area contributed by atoms with Crippen molar-refractivity contribution >= 4 is 42.7 Å². The van der Waals surface area contributed by atoms with Crippen LogP contribution in [0.5, 0.6) is 0 Å². The maximum Gasteiger partial charge on any atom is 0.293 e. The average molecular weight is 532 g/mol. The second-order valence-electron chi connectivity index (χ2n) is 10.1. The van der Waals surface area contributed by atoms with Gasteiger partial charge in [0.05, 0.1) is 12.0 Å². The number of hydrogen-bond donors (Lipinski definition) is 3. The number of pyridine rings is 1. The zero-order valence-electron chi connectivity index (χ0n) is 22.5. The summed E-state index contributed by atoms with van der Waals surface area (Å²) in [5, 5.41) is 14.1. The summed E-state index contributed by atoms with van der Waals surface area (Å²) >= 11 is 0. The van der Waals surface area contributed by atoms with Crippen molar-refractivity contribution in [1.82, 2.24) is 14.5 Å². The van der Waals surface area contributed by atoms with Crippen molar-refractivity contribution in [3.63, 3.8) is 0 Å². The summed E-state index contributed by atoms with van der Waals surface area (Å²) < 4.78 is 6.19. The molecule has 0 aliphatic carbocycles. The molecule has 1 aromatic carbocycles. The van der Waals surface area contributed by atoms with E-state index in [1.54, 1.807) is 26.4 Å². The normalized spacial score (nSPS) is 13.8. The third-order valence-corrected chi connectivity index (χ3v) is 6.07. The Morgan fingerprint density at radius 3 is 2.67 bits per heavy atom. The number of aromatic amines is 1. The number of hydrogen-bond acceptors (Lipinski definition) is 6. The van der Waals surface area contributed by atoms with Crippen LogP contribution in [0, 0.1) is 5.92 Å². The number of anilines is 1. The maximum atomic E-state index is 13.2. The third kappa shape index (κ3) is 7.48. The molecule has 0 saturated heterocycles. The van der Waals surface area contributed by atoms with Crippen LogP contribution in [0.25, 0.3) is 10.9 Å². The van der Waals surface area contributed by atoms with E-state index in [4.69, 9.17) is 12.6 Å². The minimum atomic E-state index is -2.35. The number of carbonyl (C=O) groups is 3. The van der Waals surface area contributed by atoms with E-state index in [0.717, 1.165) is 23.0 Å². The Bertz CT molecular complexity index is 1420. The molecule has 2 atom stereocenters. The van der Waals surface area contributed by atoms with E-state index in [1.165, 1.54) is 33.2 Å². The van der Waals surface area contributed by atoms with Gasteiger partial charge in [-0.2, -0.15) is 0 Å². The zero-order chi connectivity index (χ0) is 28.7. The van der Waals surface area contributed by atoms with Crippen LogP contribution < -0.4 is 10.9 Å². The molecule has 2 radical (unpaired) electrons. The van der Waals surface area contributed by atoms with E-state index in [-0.39, 0.29) is 31.0 Å². The highest BCUT2D eigenvalue weighted by Crippen LogP contribution is 2.23. The van der Waals surface area contributed by atoms with Crippen molar-refractivity contribution in [2.45, 2.75) is 44.8 Å². The monoisotopic (exact) mass is 532 g/mol. The van der Waals surface area contributed by atoms with Crippen molar-refractivity contribution in [3.8, 4) is 0 Å². The number of likely N-dealkylation sites (N-methyl/N-ethyl adjacent to an activating group) is 1. The topological polar surface area (TPSA) is 134 Å². The molecule has 2 unspecified atom stereocenters. The molecule has 10 nitrogen and oxygen atoms in total. The first-order valence-corrected chi connectivity index (χ1v) is 12.5. The van der Waals surface area contributed by atoms with Crippen molar-refractivity contribution in [3.05, 3.63) is 76.4 Å². The number of rotatable bonds is 12. The fourth-order valence-electron chi connectivity index (χ4n) is 4.18. The predicted octanol–water partition coefficient (Wildman–Crippen LogP) is 1.95. The third-order valence-electron chi connectivity index (χ3n) is 6.07. The number of ether oxygens (including phenoxy) is 1.